The van der Waals surface area contributed by atoms with Crippen molar-refractivity contribution in [1.82, 2.24) is 5.32 Å². The smallest absolute Gasteiger partial charge is 0.237 e. The van der Waals surface area contributed by atoms with Gasteiger partial charge in [-0.1, -0.05) is 12.1 Å². The first-order valence-electron chi connectivity index (χ1n) is 7.30. The molecule has 2 rings (SSSR count). The number of carbonyl (C=O) groups excluding carboxylic acids is 2. The van der Waals surface area contributed by atoms with Gasteiger partial charge in [-0.2, -0.15) is 0 Å². The minimum absolute atomic E-state index is 0.0602. The molecule has 0 unspecified atom stereocenters. The molecule has 1 fully saturated rings. The van der Waals surface area contributed by atoms with Gasteiger partial charge in [0.05, 0.1) is 16.5 Å². The summed E-state index contributed by atoms with van der Waals surface area (Å²) in [6.07, 6.45) is 2.93. The SMILES string of the molecule is CS(=O)(=O)c1ccc(C2(NC(=O)[C@@H](N)CCC(N)=O)CC2)cc1. The fourth-order valence-corrected chi connectivity index (χ4v) is 3.02. The number of hydrogen-bond donors (Lipinski definition) is 3. The van der Waals surface area contributed by atoms with Crippen LogP contribution in [-0.4, -0.2) is 32.5 Å². The van der Waals surface area contributed by atoms with Crippen molar-refractivity contribution in [3.63, 3.8) is 0 Å². The lowest BCUT2D eigenvalue weighted by Crippen LogP contribution is -2.45. The Morgan fingerprint density at radius 1 is 1.26 bits per heavy atom. The number of primary amides is 1. The third-order valence-electron chi connectivity index (χ3n) is 3.99. The van der Waals surface area contributed by atoms with E-state index in [0.717, 1.165) is 24.7 Å². The van der Waals surface area contributed by atoms with Crippen molar-refractivity contribution in [3.05, 3.63) is 29.8 Å². The van der Waals surface area contributed by atoms with Gasteiger partial charge in [0, 0.05) is 12.7 Å². The Labute approximate surface area is 135 Å². The number of rotatable bonds is 7. The van der Waals surface area contributed by atoms with Crippen molar-refractivity contribution in [2.45, 2.75) is 42.2 Å². The van der Waals surface area contributed by atoms with Gasteiger partial charge >= 0.3 is 0 Å². The molecule has 23 heavy (non-hydrogen) atoms. The maximum absolute atomic E-state index is 12.1. The summed E-state index contributed by atoms with van der Waals surface area (Å²) in [5, 5.41) is 2.90. The molecule has 8 heteroatoms. The maximum Gasteiger partial charge on any atom is 0.237 e. The summed E-state index contributed by atoms with van der Waals surface area (Å²) in [6.45, 7) is 0. The molecule has 1 saturated carbocycles. The molecule has 0 aliphatic heterocycles. The van der Waals surface area contributed by atoms with Gasteiger partial charge in [0.1, 0.15) is 0 Å². The van der Waals surface area contributed by atoms with E-state index in [1.165, 1.54) is 12.1 Å². The van der Waals surface area contributed by atoms with Crippen LogP contribution >= 0.6 is 0 Å². The number of carbonyl (C=O) groups is 2. The van der Waals surface area contributed by atoms with Crippen LogP contribution in [0.1, 0.15) is 31.2 Å². The van der Waals surface area contributed by atoms with Crippen molar-refractivity contribution in [2.75, 3.05) is 6.26 Å². The van der Waals surface area contributed by atoms with Crippen LogP contribution in [0.15, 0.2) is 29.2 Å². The lowest BCUT2D eigenvalue weighted by molar-refractivity contribution is -0.123. The molecule has 1 aliphatic carbocycles. The molecular weight excluding hydrogens is 318 g/mol. The van der Waals surface area contributed by atoms with E-state index in [0.29, 0.717) is 0 Å². The molecule has 1 aromatic rings. The van der Waals surface area contributed by atoms with E-state index in [-0.39, 0.29) is 23.6 Å². The van der Waals surface area contributed by atoms with E-state index in [4.69, 9.17) is 11.5 Å². The average molecular weight is 339 g/mol. The second-order valence-corrected chi connectivity index (χ2v) is 8.00. The zero-order valence-corrected chi connectivity index (χ0v) is 13.7. The second-order valence-electron chi connectivity index (χ2n) is 5.98. The summed E-state index contributed by atoms with van der Waals surface area (Å²) in [4.78, 5) is 23.1. The normalized spacial score (nSPS) is 17.3. The summed E-state index contributed by atoms with van der Waals surface area (Å²) in [5.41, 5.74) is 11.2. The Bertz CT molecular complexity index is 709. The zero-order valence-electron chi connectivity index (χ0n) is 12.9. The van der Waals surface area contributed by atoms with Crippen LogP contribution in [0, 0.1) is 0 Å². The molecule has 0 saturated heterocycles. The quantitative estimate of drug-likeness (QED) is 0.632. The molecular formula is C15H21N3O4S. The Morgan fingerprint density at radius 2 is 1.83 bits per heavy atom. The summed E-state index contributed by atoms with van der Waals surface area (Å²) in [6, 6.07) is 5.68. The molecule has 0 radical (unpaired) electrons. The van der Waals surface area contributed by atoms with E-state index in [1.54, 1.807) is 12.1 Å². The van der Waals surface area contributed by atoms with Crippen molar-refractivity contribution in [1.29, 1.82) is 0 Å². The van der Waals surface area contributed by atoms with E-state index >= 15 is 0 Å². The standard InChI is InChI=1S/C15H21N3O4S/c1-23(21,22)11-4-2-10(3-5-11)15(8-9-15)18-14(20)12(16)6-7-13(17)19/h2-5,12H,6-9,16H2,1H3,(H2,17,19)(H,18,20)/t12-/m0/s1. The predicted molar refractivity (Wildman–Crippen MR) is 85.0 cm³/mol. The van der Waals surface area contributed by atoms with Gasteiger partial charge < -0.3 is 16.8 Å². The van der Waals surface area contributed by atoms with E-state index in [2.05, 4.69) is 5.32 Å². The summed E-state index contributed by atoms with van der Waals surface area (Å²) < 4.78 is 23.0. The monoisotopic (exact) mass is 339 g/mol. The minimum Gasteiger partial charge on any atom is -0.370 e. The number of sulfone groups is 1. The summed E-state index contributed by atoms with van der Waals surface area (Å²) >= 11 is 0. The fraction of sp³-hybridized carbons (Fsp3) is 0.467. The van der Waals surface area contributed by atoms with Crippen LogP contribution in [0.5, 0.6) is 0 Å². The first-order chi connectivity index (χ1) is 10.6. The molecule has 0 bridgehead atoms. The fourth-order valence-electron chi connectivity index (χ4n) is 2.39. The van der Waals surface area contributed by atoms with Crippen molar-refractivity contribution in [3.8, 4) is 0 Å². The van der Waals surface area contributed by atoms with E-state index in [1.807, 2.05) is 0 Å². The van der Waals surface area contributed by atoms with E-state index in [9.17, 15) is 18.0 Å². The van der Waals surface area contributed by atoms with E-state index < -0.39 is 27.3 Å². The second kappa shape index (κ2) is 6.29. The number of benzene rings is 1. The Morgan fingerprint density at radius 3 is 2.26 bits per heavy atom. The number of amides is 2. The molecule has 2 amide bonds. The van der Waals surface area contributed by atoms with Crippen LogP contribution in [-0.2, 0) is 25.0 Å². The predicted octanol–water partition coefficient (Wildman–Crippen LogP) is -0.212. The maximum atomic E-state index is 12.1. The largest absolute Gasteiger partial charge is 0.370 e. The van der Waals surface area contributed by atoms with Crippen molar-refractivity contribution in [2.24, 2.45) is 11.5 Å². The summed E-state index contributed by atoms with van der Waals surface area (Å²) in [5.74, 6) is -0.832. The Balaban J connectivity index is 2.05. The highest BCUT2D eigenvalue weighted by atomic mass is 32.2. The van der Waals surface area contributed by atoms with Crippen molar-refractivity contribution >= 4 is 21.7 Å². The number of nitrogens with two attached hydrogens (primary N) is 2. The molecule has 0 aromatic heterocycles. The lowest BCUT2D eigenvalue weighted by atomic mass is 10.0. The highest BCUT2D eigenvalue weighted by molar-refractivity contribution is 7.90. The third-order valence-corrected chi connectivity index (χ3v) is 5.11. The van der Waals surface area contributed by atoms with Gasteiger partial charge in [0.15, 0.2) is 9.84 Å². The van der Waals surface area contributed by atoms with Gasteiger partial charge in [-0.3, -0.25) is 9.59 Å². The lowest BCUT2D eigenvalue weighted by Gasteiger charge is -2.21. The highest BCUT2D eigenvalue weighted by Gasteiger charge is 2.46. The molecule has 1 atom stereocenters. The topological polar surface area (TPSA) is 132 Å². The summed E-state index contributed by atoms with van der Waals surface area (Å²) in [7, 11) is -3.25. The Kier molecular flexibility index (Phi) is 4.76. The van der Waals surface area contributed by atoms with Crippen LogP contribution in [0.3, 0.4) is 0 Å². The molecule has 1 aliphatic rings. The number of hydrogen-bond acceptors (Lipinski definition) is 5. The highest BCUT2D eigenvalue weighted by Crippen LogP contribution is 2.45. The van der Waals surface area contributed by atoms with Gasteiger partial charge in [0.2, 0.25) is 11.8 Å². The number of nitrogens with one attached hydrogen (secondary N) is 1. The van der Waals surface area contributed by atoms with Crippen LogP contribution in [0.25, 0.3) is 0 Å². The molecule has 7 nitrogen and oxygen atoms in total. The average Bonchev–Trinajstić information content (AvgIpc) is 3.24. The van der Waals surface area contributed by atoms with Crippen LogP contribution in [0.2, 0.25) is 0 Å². The zero-order chi connectivity index (χ0) is 17.3. The third kappa shape index (κ3) is 4.29. The van der Waals surface area contributed by atoms with Crippen LogP contribution < -0.4 is 16.8 Å². The van der Waals surface area contributed by atoms with Crippen LogP contribution in [0.4, 0.5) is 0 Å². The molecule has 126 valence electrons. The molecule has 5 N–H and O–H groups in total. The van der Waals surface area contributed by atoms with Gasteiger partial charge in [-0.05, 0) is 37.0 Å². The first-order valence-corrected chi connectivity index (χ1v) is 9.20. The minimum atomic E-state index is -3.25. The Hall–Kier alpha value is -1.93. The van der Waals surface area contributed by atoms with Crippen molar-refractivity contribution < 1.29 is 18.0 Å². The van der Waals surface area contributed by atoms with Gasteiger partial charge in [-0.25, -0.2) is 8.42 Å². The van der Waals surface area contributed by atoms with Gasteiger partial charge in [0.25, 0.3) is 0 Å². The molecule has 0 spiro atoms. The molecule has 1 aromatic carbocycles. The van der Waals surface area contributed by atoms with Gasteiger partial charge in [-0.15, -0.1) is 0 Å². The first kappa shape index (κ1) is 17.4. The molecule has 0 heterocycles.